The van der Waals surface area contributed by atoms with E-state index in [4.69, 9.17) is 0 Å². The van der Waals surface area contributed by atoms with Crippen LogP contribution in [-0.2, 0) is 13.5 Å². The van der Waals surface area contributed by atoms with Crippen LogP contribution in [-0.4, -0.2) is 9.67 Å². The van der Waals surface area contributed by atoms with Gasteiger partial charge in [-0.2, -0.15) is 0 Å². The van der Waals surface area contributed by atoms with Crippen molar-refractivity contribution in [3.63, 3.8) is 0 Å². The minimum atomic E-state index is 0.316. The molecule has 1 aromatic heterocycles. The zero-order valence-corrected chi connectivity index (χ0v) is 10.3. The molecule has 90 valence electrons. The zero-order chi connectivity index (χ0) is 12.5. The Labute approximate surface area is 106 Å². The second kappa shape index (κ2) is 4.22. The third kappa shape index (κ3) is 1.86. The maximum absolute atomic E-state index is 9.29. The van der Waals surface area contributed by atoms with Crippen LogP contribution in [0.25, 0.3) is 10.9 Å². The molecule has 0 aliphatic carbocycles. The molecule has 0 bridgehead atoms. The van der Waals surface area contributed by atoms with Gasteiger partial charge in [0.1, 0.15) is 5.75 Å². The van der Waals surface area contributed by atoms with Gasteiger partial charge >= 0.3 is 0 Å². The number of nitrogens with zero attached hydrogens (tertiary/aromatic N) is 1. The first-order valence-electron chi connectivity index (χ1n) is 6.05. The van der Waals surface area contributed by atoms with E-state index in [2.05, 4.69) is 42.1 Å². The molecule has 2 nitrogen and oxygen atoms in total. The molecule has 2 aromatic carbocycles. The number of phenols is 1. The lowest BCUT2D eigenvalue weighted by Gasteiger charge is -2.00. The molecule has 3 aromatic rings. The molecule has 1 heterocycles. The predicted octanol–water partition coefficient (Wildman–Crippen LogP) is 3.47. The summed E-state index contributed by atoms with van der Waals surface area (Å²) in [7, 11) is 2.07. The minimum absolute atomic E-state index is 0.316. The van der Waals surface area contributed by atoms with Crippen molar-refractivity contribution < 1.29 is 5.11 Å². The summed E-state index contributed by atoms with van der Waals surface area (Å²) in [5.41, 5.74) is 3.79. The summed E-state index contributed by atoms with van der Waals surface area (Å²) in [6, 6.07) is 15.8. The van der Waals surface area contributed by atoms with E-state index >= 15 is 0 Å². The fourth-order valence-electron chi connectivity index (χ4n) is 2.40. The van der Waals surface area contributed by atoms with Crippen molar-refractivity contribution in [3.8, 4) is 5.75 Å². The second-order valence-corrected chi connectivity index (χ2v) is 4.63. The molecule has 0 saturated heterocycles. The Morgan fingerprint density at radius 3 is 2.50 bits per heavy atom. The number of benzene rings is 2. The molecule has 0 atom stereocenters. The molecule has 0 saturated carbocycles. The first-order chi connectivity index (χ1) is 8.74. The van der Waals surface area contributed by atoms with Gasteiger partial charge in [0.2, 0.25) is 0 Å². The minimum Gasteiger partial charge on any atom is -0.508 e. The summed E-state index contributed by atoms with van der Waals surface area (Å²) in [6.45, 7) is 0. The lowest BCUT2D eigenvalue weighted by molar-refractivity contribution is 0.475. The monoisotopic (exact) mass is 237 g/mol. The topological polar surface area (TPSA) is 25.2 Å². The quantitative estimate of drug-likeness (QED) is 0.725. The first-order valence-corrected chi connectivity index (χ1v) is 6.05. The van der Waals surface area contributed by atoms with Crippen LogP contribution in [0.2, 0.25) is 0 Å². The smallest absolute Gasteiger partial charge is 0.115 e. The van der Waals surface area contributed by atoms with Gasteiger partial charge in [0, 0.05) is 24.1 Å². The maximum Gasteiger partial charge on any atom is 0.115 e. The molecule has 0 unspecified atom stereocenters. The molecular formula is C16H15NO. The van der Waals surface area contributed by atoms with Crippen molar-refractivity contribution in [1.82, 2.24) is 4.57 Å². The van der Waals surface area contributed by atoms with Crippen molar-refractivity contribution >= 4 is 10.9 Å². The van der Waals surface area contributed by atoms with Crippen LogP contribution in [0.1, 0.15) is 11.1 Å². The highest BCUT2D eigenvalue weighted by Gasteiger charge is 2.06. The fourth-order valence-corrected chi connectivity index (χ4v) is 2.40. The average Bonchev–Trinajstić information content (AvgIpc) is 2.70. The third-order valence-corrected chi connectivity index (χ3v) is 3.31. The van der Waals surface area contributed by atoms with Gasteiger partial charge < -0.3 is 9.67 Å². The lowest BCUT2D eigenvalue weighted by Crippen LogP contribution is -1.86. The second-order valence-electron chi connectivity index (χ2n) is 4.63. The van der Waals surface area contributed by atoms with E-state index in [9.17, 15) is 5.11 Å². The van der Waals surface area contributed by atoms with Crippen LogP contribution in [0, 0.1) is 0 Å². The van der Waals surface area contributed by atoms with E-state index in [-0.39, 0.29) is 0 Å². The molecule has 0 amide bonds. The molecule has 2 heteroatoms. The van der Waals surface area contributed by atoms with Crippen LogP contribution < -0.4 is 0 Å². The van der Waals surface area contributed by atoms with E-state index < -0.39 is 0 Å². The van der Waals surface area contributed by atoms with Crippen LogP contribution in [0.5, 0.6) is 5.75 Å². The number of hydrogen-bond acceptors (Lipinski definition) is 1. The highest BCUT2D eigenvalue weighted by molar-refractivity contribution is 5.84. The number of para-hydroxylation sites is 1. The van der Waals surface area contributed by atoms with Gasteiger partial charge in [-0.1, -0.05) is 30.3 Å². The van der Waals surface area contributed by atoms with Crippen molar-refractivity contribution in [2.24, 2.45) is 7.05 Å². The Bertz CT molecular complexity index is 680. The summed E-state index contributed by atoms with van der Waals surface area (Å²) in [5, 5.41) is 10.6. The van der Waals surface area contributed by atoms with Gasteiger partial charge in [-0.05, 0) is 35.7 Å². The summed E-state index contributed by atoms with van der Waals surface area (Å²) < 4.78 is 2.16. The standard InChI is InChI=1S/C16H15NO/c1-17-11-13(15-4-2-3-5-16(15)17)10-12-6-8-14(18)9-7-12/h2-9,11,18H,10H2,1H3. The molecule has 0 aliphatic rings. The normalized spacial score (nSPS) is 10.9. The summed E-state index contributed by atoms with van der Waals surface area (Å²) >= 11 is 0. The van der Waals surface area contributed by atoms with Crippen LogP contribution in [0.4, 0.5) is 0 Å². The Hall–Kier alpha value is -2.22. The highest BCUT2D eigenvalue weighted by Crippen LogP contribution is 2.23. The maximum atomic E-state index is 9.29. The van der Waals surface area contributed by atoms with Gasteiger partial charge in [0.05, 0.1) is 0 Å². The Morgan fingerprint density at radius 2 is 1.72 bits per heavy atom. The number of aryl methyl sites for hydroxylation is 1. The summed E-state index contributed by atoms with van der Waals surface area (Å²) in [6.07, 6.45) is 3.07. The highest BCUT2D eigenvalue weighted by atomic mass is 16.3. The summed E-state index contributed by atoms with van der Waals surface area (Å²) in [5.74, 6) is 0.316. The molecular weight excluding hydrogens is 222 g/mol. The number of aromatic hydroxyl groups is 1. The van der Waals surface area contributed by atoms with Crippen molar-refractivity contribution in [3.05, 3.63) is 65.9 Å². The van der Waals surface area contributed by atoms with E-state index in [1.54, 1.807) is 12.1 Å². The molecule has 0 spiro atoms. The SMILES string of the molecule is Cn1cc(Cc2ccc(O)cc2)c2ccccc21. The molecule has 18 heavy (non-hydrogen) atoms. The van der Waals surface area contributed by atoms with E-state index in [1.165, 1.54) is 22.0 Å². The van der Waals surface area contributed by atoms with Crippen molar-refractivity contribution in [1.29, 1.82) is 0 Å². The van der Waals surface area contributed by atoms with Crippen molar-refractivity contribution in [2.45, 2.75) is 6.42 Å². The predicted molar refractivity (Wildman–Crippen MR) is 73.8 cm³/mol. The zero-order valence-electron chi connectivity index (χ0n) is 10.3. The summed E-state index contributed by atoms with van der Waals surface area (Å²) in [4.78, 5) is 0. The molecule has 3 rings (SSSR count). The number of rotatable bonds is 2. The third-order valence-electron chi connectivity index (χ3n) is 3.31. The van der Waals surface area contributed by atoms with E-state index in [0.717, 1.165) is 6.42 Å². The van der Waals surface area contributed by atoms with Crippen LogP contribution in [0.3, 0.4) is 0 Å². The average molecular weight is 237 g/mol. The van der Waals surface area contributed by atoms with Gasteiger partial charge in [-0.25, -0.2) is 0 Å². The fraction of sp³-hybridized carbons (Fsp3) is 0.125. The number of aromatic nitrogens is 1. The largest absolute Gasteiger partial charge is 0.508 e. The number of hydrogen-bond donors (Lipinski definition) is 1. The first kappa shape index (κ1) is 10.9. The van der Waals surface area contributed by atoms with Gasteiger partial charge in [0.15, 0.2) is 0 Å². The molecule has 0 fully saturated rings. The van der Waals surface area contributed by atoms with Crippen LogP contribution >= 0.6 is 0 Å². The molecule has 1 N–H and O–H groups in total. The Morgan fingerprint density at radius 1 is 1.00 bits per heavy atom. The van der Waals surface area contributed by atoms with Crippen molar-refractivity contribution in [2.75, 3.05) is 0 Å². The van der Waals surface area contributed by atoms with E-state index in [0.29, 0.717) is 5.75 Å². The van der Waals surface area contributed by atoms with Gasteiger partial charge in [-0.3, -0.25) is 0 Å². The lowest BCUT2D eigenvalue weighted by atomic mass is 10.0. The van der Waals surface area contributed by atoms with Gasteiger partial charge in [-0.15, -0.1) is 0 Å². The van der Waals surface area contributed by atoms with Gasteiger partial charge in [0.25, 0.3) is 0 Å². The number of phenolic OH excluding ortho intramolecular Hbond substituents is 1. The van der Waals surface area contributed by atoms with Crippen LogP contribution in [0.15, 0.2) is 54.7 Å². The molecule has 0 aliphatic heterocycles. The van der Waals surface area contributed by atoms with E-state index in [1.807, 2.05) is 12.1 Å². The Balaban J connectivity index is 2.02. The molecule has 0 radical (unpaired) electrons. The number of fused-ring (bicyclic) bond motifs is 1. The Kier molecular flexibility index (Phi) is 2.56.